The Labute approximate surface area is 190 Å². The van der Waals surface area contributed by atoms with Gasteiger partial charge in [-0.1, -0.05) is 41.4 Å². The molecule has 0 bridgehead atoms. The lowest BCUT2D eigenvalue weighted by Gasteiger charge is -2.27. The van der Waals surface area contributed by atoms with Gasteiger partial charge in [0, 0.05) is 16.2 Å². The molecule has 4 rings (SSSR count). The van der Waals surface area contributed by atoms with Gasteiger partial charge in [0.1, 0.15) is 23.2 Å². The molecule has 0 spiro atoms. The predicted molar refractivity (Wildman–Crippen MR) is 122 cm³/mol. The first-order valence-corrected chi connectivity index (χ1v) is 10.4. The van der Waals surface area contributed by atoms with Crippen LogP contribution in [0.4, 0.5) is 0 Å². The van der Waals surface area contributed by atoms with Crippen LogP contribution in [-0.2, 0) is 16.1 Å². The van der Waals surface area contributed by atoms with Crippen LogP contribution in [0.3, 0.4) is 0 Å². The maximum absolute atomic E-state index is 13.2. The third-order valence-electron chi connectivity index (χ3n) is 5.33. The van der Waals surface area contributed by atoms with E-state index in [4.69, 9.17) is 16.0 Å². The first-order chi connectivity index (χ1) is 15.4. The number of nitrogens with zero attached hydrogens (tertiary/aromatic N) is 2. The number of carbonyl (C=O) groups is 2. The van der Waals surface area contributed by atoms with Crippen LogP contribution in [0.15, 0.2) is 81.8 Å². The minimum Gasteiger partial charge on any atom is -0.457 e. The van der Waals surface area contributed by atoms with Crippen molar-refractivity contribution >= 4 is 29.5 Å². The largest absolute Gasteiger partial charge is 0.457 e. The van der Waals surface area contributed by atoms with E-state index < -0.39 is 11.8 Å². The van der Waals surface area contributed by atoms with Gasteiger partial charge in [0.05, 0.1) is 6.54 Å². The Balaban J connectivity index is 1.70. The summed E-state index contributed by atoms with van der Waals surface area (Å²) in [6, 6.07) is 20.3. The highest BCUT2D eigenvalue weighted by atomic mass is 35.5. The first kappa shape index (κ1) is 21.4. The molecule has 0 atom stereocenters. The van der Waals surface area contributed by atoms with Gasteiger partial charge >= 0.3 is 0 Å². The Morgan fingerprint density at radius 2 is 1.66 bits per heavy atom. The van der Waals surface area contributed by atoms with Crippen molar-refractivity contribution in [2.45, 2.75) is 20.4 Å². The summed E-state index contributed by atoms with van der Waals surface area (Å²) < 4.78 is 5.89. The van der Waals surface area contributed by atoms with Crippen LogP contribution in [0.1, 0.15) is 23.8 Å². The molecule has 6 heteroatoms. The van der Waals surface area contributed by atoms with Crippen LogP contribution in [0, 0.1) is 18.3 Å². The zero-order valence-corrected chi connectivity index (χ0v) is 18.3. The average Bonchev–Trinajstić information content (AvgIpc) is 3.25. The van der Waals surface area contributed by atoms with E-state index in [1.807, 2.05) is 49.4 Å². The number of imide groups is 1. The van der Waals surface area contributed by atoms with Crippen molar-refractivity contribution in [3.05, 3.63) is 99.3 Å². The van der Waals surface area contributed by atoms with Gasteiger partial charge < -0.3 is 4.42 Å². The lowest BCUT2D eigenvalue weighted by Crippen LogP contribution is -2.42. The summed E-state index contributed by atoms with van der Waals surface area (Å²) in [5.74, 6) is 0.0108. The molecule has 5 nitrogen and oxygen atoms in total. The van der Waals surface area contributed by atoms with Crippen molar-refractivity contribution < 1.29 is 14.0 Å². The van der Waals surface area contributed by atoms with E-state index in [0.717, 1.165) is 21.6 Å². The van der Waals surface area contributed by atoms with Gasteiger partial charge in [-0.25, -0.2) is 0 Å². The van der Waals surface area contributed by atoms with Crippen LogP contribution in [-0.4, -0.2) is 16.7 Å². The van der Waals surface area contributed by atoms with Crippen molar-refractivity contribution in [2.75, 3.05) is 0 Å². The molecule has 0 N–H and O–H groups in total. The number of aryl methyl sites for hydroxylation is 1. The van der Waals surface area contributed by atoms with Crippen molar-refractivity contribution in [3.8, 4) is 17.4 Å². The molecule has 0 fully saturated rings. The molecule has 3 aromatic rings. The topological polar surface area (TPSA) is 74.3 Å². The number of carbonyl (C=O) groups excluding carboxylic acids is 2. The number of hydrogen-bond donors (Lipinski definition) is 0. The van der Waals surface area contributed by atoms with Crippen LogP contribution >= 0.6 is 11.6 Å². The number of hydrogen-bond acceptors (Lipinski definition) is 4. The molecule has 32 heavy (non-hydrogen) atoms. The zero-order valence-electron chi connectivity index (χ0n) is 17.6. The Hall–Kier alpha value is -3.88. The zero-order chi connectivity index (χ0) is 22.8. The van der Waals surface area contributed by atoms with E-state index in [2.05, 4.69) is 0 Å². The second kappa shape index (κ2) is 8.70. The molecule has 1 aliphatic rings. The molecule has 2 aromatic carbocycles. The van der Waals surface area contributed by atoms with Crippen molar-refractivity contribution in [1.82, 2.24) is 4.90 Å². The lowest BCUT2D eigenvalue weighted by molar-refractivity contribution is -0.141. The monoisotopic (exact) mass is 442 g/mol. The third-order valence-corrected chi connectivity index (χ3v) is 5.58. The maximum Gasteiger partial charge on any atom is 0.271 e. The summed E-state index contributed by atoms with van der Waals surface area (Å²) in [5.41, 5.74) is 3.27. The Morgan fingerprint density at radius 3 is 2.31 bits per heavy atom. The van der Waals surface area contributed by atoms with Gasteiger partial charge in [0.25, 0.3) is 11.8 Å². The number of nitriles is 1. The highest BCUT2D eigenvalue weighted by molar-refractivity contribution is 6.30. The van der Waals surface area contributed by atoms with Gasteiger partial charge in [-0.3, -0.25) is 14.5 Å². The number of rotatable bonds is 4. The molecular weight excluding hydrogens is 424 g/mol. The lowest BCUT2D eigenvalue weighted by atomic mass is 9.94. The average molecular weight is 443 g/mol. The summed E-state index contributed by atoms with van der Waals surface area (Å²) in [5, 5.41) is 10.2. The fourth-order valence-electron chi connectivity index (χ4n) is 3.49. The highest BCUT2D eigenvalue weighted by Gasteiger charge is 2.35. The van der Waals surface area contributed by atoms with E-state index in [0.29, 0.717) is 22.1 Å². The van der Waals surface area contributed by atoms with Crippen LogP contribution < -0.4 is 0 Å². The van der Waals surface area contributed by atoms with E-state index in [9.17, 15) is 14.9 Å². The number of benzene rings is 2. The minimum atomic E-state index is -0.589. The Kier molecular flexibility index (Phi) is 5.81. The second-order valence-corrected chi connectivity index (χ2v) is 8.00. The summed E-state index contributed by atoms with van der Waals surface area (Å²) >= 11 is 5.94. The number of halogens is 1. The number of amides is 2. The quantitative estimate of drug-likeness (QED) is 0.383. The van der Waals surface area contributed by atoms with Crippen LogP contribution in [0.2, 0.25) is 5.02 Å². The third kappa shape index (κ3) is 4.14. The molecule has 0 aliphatic carbocycles. The standard InChI is InChI=1S/C26H19ClN2O3/c1-16-3-5-18(6-4-16)15-29-25(30)22(17(2)23(14-28)26(29)31)13-21-11-12-24(32-21)19-7-9-20(27)10-8-19/h3-13H,15H2,1-2H3/b22-13+. The summed E-state index contributed by atoms with van der Waals surface area (Å²) in [4.78, 5) is 27.2. The molecule has 158 valence electrons. The van der Waals surface area contributed by atoms with Crippen LogP contribution in [0.5, 0.6) is 0 Å². The minimum absolute atomic E-state index is 0.0487. The molecule has 0 saturated heterocycles. The molecule has 0 radical (unpaired) electrons. The van der Waals surface area contributed by atoms with E-state index >= 15 is 0 Å². The summed E-state index contributed by atoms with van der Waals surface area (Å²) in [7, 11) is 0. The molecule has 2 heterocycles. The van der Waals surface area contributed by atoms with Gasteiger partial charge in [0.15, 0.2) is 0 Å². The normalized spacial score (nSPS) is 15.4. The summed E-state index contributed by atoms with van der Waals surface area (Å²) in [6.45, 7) is 3.65. The van der Waals surface area contributed by atoms with E-state index in [-0.39, 0.29) is 17.7 Å². The van der Waals surface area contributed by atoms with E-state index in [1.54, 1.807) is 37.3 Å². The molecule has 0 saturated carbocycles. The van der Waals surface area contributed by atoms with Gasteiger partial charge in [-0.2, -0.15) is 5.26 Å². The SMILES string of the molecule is CC1=C(C#N)C(=O)N(Cc2ccc(C)cc2)C(=O)/C1=C/c1ccc(-c2ccc(Cl)cc2)o1. The van der Waals surface area contributed by atoms with Crippen molar-refractivity contribution in [1.29, 1.82) is 5.26 Å². The molecular formula is C26H19ClN2O3. The van der Waals surface area contributed by atoms with Gasteiger partial charge in [0.2, 0.25) is 0 Å². The highest BCUT2D eigenvalue weighted by Crippen LogP contribution is 2.30. The molecule has 0 unspecified atom stereocenters. The predicted octanol–water partition coefficient (Wildman–Crippen LogP) is 5.70. The van der Waals surface area contributed by atoms with Crippen molar-refractivity contribution in [3.63, 3.8) is 0 Å². The second-order valence-electron chi connectivity index (χ2n) is 7.56. The molecule has 1 aromatic heterocycles. The van der Waals surface area contributed by atoms with Crippen molar-refractivity contribution in [2.24, 2.45) is 0 Å². The Bertz CT molecular complexity index is 1310. The summed E-state index contributed by atoms with van der Waals surface area (Å²) in [6.07, 6.45) is 1.57. The van der Waals surface area contributed by atoms with E-state index in [1.165, 1.54) is 0 Å². The Morgan fingerprint density at radius 1 is 0.969 bits per heavy atom. The fraction of sp³-hybridized carbons (Fsp3) is 0.115. The molecule has 2 amide bonds. The smallest absolute Gasteiger partial charge is 0.271 e. The van der Waals surface area contributed by atoms with Gasteiger partial charge in [-0.15, -0.1) is 0 Å². The maximum atomic E-state index is 13.2. The molecule has 1 aliphatic heterocycles. The number of furan rings is 1. The van der Waals surface area contributed by atoms with Gasteiger partial charge in [-0.05, 0) is 67.5 Å². The fourth-order valence-corrected chi connectivity index (χ4v) is 3.62. The van der Waals surface area contributed by atoms with Crippen LogP contribution in [0.25, 0.3) is 17.4 Å². The first-order valence-electron chi connectivity index (χ1n) is 9.98.